The van der Waals surface area contributed by atoms with Crippen molar-refractivity contribution in [1.29, 1.82) is 0 Å². The molecule has 12 nitrogen and oxygen atoms in total. The number of nitrogens with one attached hydrogen (secondary N) is 3. The van der Waals surface area contributed by atoms with Crippen LogP contribution in [0.25, 0.3) is 11.0 Å². The number of unbranched alkanes of at least 4 members (excludes halogenated alkanes) is 1. The third-order valence-electron chi connectivity index (χ3n) is 9.55. The number of piperidine rings is 1. The highest BCUT2D eigenvalue weighted by atomic mass is 16.7. The van der Waals surface area contributed by atoms with Crippen LogP contribution in [0.5, 0.6) is 0 Å². The maximum Gasteiger partial charge on any atom is 0.326 e. The van der Waals surface area contributed by atoms with Gasteiger partial charge in [0, 0.05) is 57.0 Å². The summed E-state index contributed by atoms with van der Waals surface area (Å²) in [5, 5.41) is 21.0. The van der Waals surface area contributed by atoms with E-state index in [1.807, 2.05) is 77.4 Å². The second-order valence-electron chi connectivity index (χ2n) is 13.0. The van der Waals surface area contributed by atoms with Crippen LogP contribution in [0.15, 0.2) is 77.6 Å². The van der Waals surface area contributed by atoms with Crippen molar-refractivity contribution in [3.05, 3.63) is 106 Å². The van der Waals surface area contributed by atoms with Crippen molar-refractivity contribution < 1.29 is 29.4 Å². The van der Waals surface area contributed by atoms with Crippen LogP contribution in [0, 0.1) is 0 Å². The number of amides is 2. The second-order valence-corrected chi connectivity index (χ2v) is 13.0. The van der Waals surface area contributed by atoms with E-state index < -0.39 is 12.2 Å². The van der Waals surface area contributed by atoms with Crippen LogP contribution in [0.1, 0.15) is 85.6 Å². The van der Waals surface area contributed by atoms with Gasteiger partial charge in [0.2, 0.25) is 11.8 Å². The Hall–Kier alpha value is -4.33. The Morgan fingerprint density at radius 1 is 0.857 bits per heavy atom. The van der Waals surface area contributed by atoms with Crippen LogP contribution in [0.4, 0.5) is 0 Å². The fourth-order valence-corrected chi connectivity index (χ4v) is 6.83. The summed E-state index contributed by atoms with van der Waals surface area (Å²) in [6.07, 6.45) is 3.14. The molecule has 3 atom stereocenters. The molecule has 6 rings (SSSR count). The zero-order valence-corrected chi connectivity index (χ0v) is 27.6. The normalized spacial score (nSPS) is 20.3. The van der Waals surface area contributed by atoms with Gasteiger partial charge in [0.1, 0.15) is 0 Å². The molecular formula is C37H45N5O7. The summed E-state index contributed by atoms with van der Waals surface area (Å²) in [4.78, 5) is 41.6. The SMILES string of the molecule is O=C(CCCCC(=O)NCc1ccc([C@@H]2O[C@H](CN3CCC(n4c(=O)[nH]c5ccccc54)CC3)C[C@H](c3ccc(CO)cc3)O2)cc1)NO. The van der Waals surface area contributed by atoms with Crippen LogP contribution in [0.2, 0.25) is 0 Å². The Bertz CT molecular complexity index is 1750. The summed E-state index contributed by atoms with van der Waals surface area (Å²) in [6.45, 7) is 2.82. The van der Waals surface area contributed by atoms with Gasteiger partial charge in [-0.25, -0.2) is 10.3 Å². The number of aliphatic hydroxyl groups excluding tert-OH is 1. The number of hydrogen-bond acceptors (Lipinski definition) is 8. The Balaban J connectivity index is 1.07. The predicted molar refractivity (Wildman–Crippen MR) is 182 cm³/mol. The van der Waals surface area contributed by atoms with Crippen LogP contribution in [0.3, 0.4) is 0 Å². The number of likely N-dealkylation sites (tertiary alicyclic amines) is 1. The lowest BCUT2D eigenvalue weighted by atomic mass is 9.98. The summed E-state index contributed by atoms with van der Waals surface area (Å²) >= 11 is 0. The van der Waals surface area contributed by atoms with Crippen LogP contribution < -0.4 is 16.5 Å². The second kappa shape index (κ2) is 16.4. The van der Waals surface area contributed by atoms with Crippen molar-refractivity contribution in [2.45, 2.75) is 82.6 Å². The Morgan fingerprint density at radius 2 is 1.53 bits per heavy atom. The first-order valence-corrected chi connectivity index (χ1v) is 17.1. The van der Waals surface area contributed by atoms with Crippen LogP contribution in [-0.4, -0.2) is 62.3 Å². The average molecular weight is 672 g/mol. The van der Waals surface area contributed by atoms with Gasteiger partial charge in [-0.2, -0.15) is 0 Å². The Labute approximate surface area is 285 Å². The quantitative estimate of drug-likeness (QED) is 0.0796. The minimum Gasteiger partial charge on any atom is -0.392 e. The van der Waals surface area contributed by atoms with E-state index in [-0.39, 0.29) is 42.9 Å². The number of aromatic amines is 1. The highest BCUT2D eigenvalue weighted by molar-refractivity contribution is 5.76. The smallest absolute Gasteiger partial charge is 0.326 e. The highest BCUT2D eigenvalue weighted by Gasteiger charge is 2.34. The molecule has 12 heteroatoms. The molecule has 0 aliphatic carbocycles. The summed E-state index contributed by atoms with van der Waals surface area (Å²) in [5.74, 6) is -0.549. The number of para-hydroxylation sites is 2. The minimum atomic E-state index is -0.580. The highest BCUT2D eigenvalue weighted by Crippen LogP contribution is 2.38. The van der Waals surface area contributed by atoms with Crippen molar-refractivity contribution in [2.24, 2.45) is 0 Å². The van der Waals surface area contributed by atoms with E-state index in [9.17, 15) is 19.5 Å². The minimum absolute atomic E-state index is 0.0169. The van der Waals surface area contributed by atoms with Gasteiger partial charge in [-0.3, -0.25) is 19.4 Å². The number of aliphatic hydroxyl groups is 1. The van der Waals surface area contributed by atoms with Gasteiger partial charge in [-0.05, 0) is 54.5 Å². The first kappa shape index (κ1) is 34.5. The molecule has 2 saturated heterocycles. The van der Waals surface area contributed by atoms with Gasteiger partial charge in [0.05, 0.1) is 29.8 Å². The Kier molecular flexibility index (Phi) is 11.5. The van der Waals surface area contributed by atoms with Gasteiger partial charge in [-0.1, -0.05) is 60.7 Å². The zero-order valence-electron chi connectivity index (χ0n) is 27.6. The van der Waals surface area contributed by atoms with Crippen molar-refractivity contribution in [3.63, 3.8) is 0 Å². The molecule has 1 aromatic heterocycles. The number of H-pyrrole nitrogens is 1. The number of benzene rings is 3. The van der Waals surface area contributed by atoms with E-state index in [1.54, 1.807) is 5.48 Å². The molecule has 0 saturated carbocycles. The molecule has 4 aromatic rings. The summed E-state index contributed by atoms with van der Waals surface area (Å²) in [6, 6.07) is 23.7. The largest absolute Gasteiger partial charge is 0.392 e. The number of hydroxylamine groups is 1. The van der Waals surface area contributed by atoms with Crippen molar-refractivity contribution >= 4 is 22.8 Å². The third-order valence-corrected chi connectivity index (χ3v) is 9.55. The van der Waals surface area contributed by atoms with Crippen molar-refractivity contribution in [3.8, 4) is 0 Å². The Morgan fingerprint density at radius 3 is 2.24 bits per heavy atom. The predicted octanol–water partition coefficient (Wildman–Crippen LogP) is 4.39. The summed E-state index contributed by atoms with van der Waals surface area (Å²) in [7, 11) is 0. The number of carbonyl (C=O) groups excluding carboxylic acids is 2. The fourth-order valence-electron chi connectivity index (χ4n) is 6.83. The van der Waals surface area contributed by atoms with E-state index in [0.29, 0.717) is 32.2 Å². The van der Waals surface area contributed by atoms with E-state index in [0.717, 1.165) is 65.8 Å². The molecule has 49 heavy (non-hydrogen) atoms. The number of hydrogen-bond donors (Lipinski definition) is 5. The van der Waals surface area contributed by atoms with Gasteiger partial charge in [0.25, 0.3) is 0 Å². The first-order chi connectivity index (χ1) is 23.9. The zero-order chi connectivity index (χ0) is 34.2. The van der Waals surface area contributed by atoms with Gasteiger partial charge < -0.3 is 29.8 Å². The molecule has 2 aliphatic heterocycles. The van der Waals surface area contributed by atoms with E-state index in [1.165, 1.54) is 0 Å². The maximum atomic E-state index is 12.8. The molecule has 0 radical (unpaired) electrons. The third kappa shape index (κ3) is 8.83. The molecule has 2 amide bonds. The number of rotatable bonds is 13. The standard InChI is InChI=1S/C37H45N5O7/c43-24-26-11-13-27(14-12-26)33-21-30(23-41-19-17-29(18-20-41)42-32-6-2-1-5-31(32)39-37(42)46)48-36(49-33)28-15-9-25(10-16-28)22-38-34(44)7-3-4-8-35(45)40-47/h1-2,5-6,9-16,29-30,33,36,43,47H,3-4,7-8,17-24H2,(H,38,44)(H,39,46)(H,40,45)/t30-,33+,36+/m0/s1. The molecule has 5 N–H and O–H groups in total. The molecule has 260 valence electrons. The summed E-state index contributed by atoms with van der Waals surface area (Å²) in [5.41, 5.74) is 7.06. The number of fused-ring (bicyclic) bond motifs is 1. The molecule has 2 fully saturated rings. The van der Waals surface area contributed by atoms with Crippen molar-refractivity contribution in [1.82, 2.24) is 25.2 Å². The van der Waals surface area contributed by atoms with Gasteiger partial charge in [0.15, 0.2) is 6.29 Å². The number of ether oxygens (including phenoxy) is 2. The lowest BCUT2D eigenvalue weighted by Gasteiger charge is -2.40. The van der Waals surface area contributed by atoms with Gasteiger partial charge in [-0.15, -0.1) is 0 Å². The molecule has 3 heterocycles. The fraction of sp³-hybridized carbons (Fsp3) is 0.432. The van der Waals surface area contributed by atoms with Crippen LogP contribution in [-0.2, 0) is 32.2 Å². The molecule has 3 aromatic carbocycles. The number of aromatic nitrogens is 2. The maximum absolute atomic E-state index is 12.8. The molecule has 0 unspecified atom stereocenters. The molecular weight excluding hydrogens is 626 g/mol. The molecule has 0 bridgehead atoms. The monoisotopic (exact) mass is 671 g/mol. The molecule has 2 aliphatic rings. The number of nitrogens with zero attached hydrogens (tertiary/aromatic N) is 2. The van der Waals surface area contributed by atoms with Crippen LogP contribution >= 0.6 is 0 Å². The number of carbonyl (C=O) groups is 2. The number of imidazole rings is 1. The average Bonchev–Trinajstić information content (AvgIpc) is 3.48. The molecule has 0 spiro atoms. The van der Waals surface area contributed by atoms with Crippen molar-refractivity contribution in [2.75, 3.05) is 19.6 Å². The van der Waals surface area contributed by atoms with E-state index >= 15 is 0 Å². The summed E-state index contributed by atoms with van der Waals surface area (Å²) < 4.78 is 15.0. The topological polar surface area (TPSA) is 158 Å². The van der Waals surface area contributed by atoms with E-state index in [2.05, 4.69) is 15.2 Å². The lowest BCUT2D eigenvalue weighted by Crippen LogP contribution is -2.43. The first-order valence-electron chi connectivity index (χ1n) is 17.1. The van der Waals surface area contributed by atoms with Gasteiger partial charge >= 0.3 is 5.69 Å². The van der Waals surface area contributed by atoms with E-state index in [4.69, 9.17) is 14.7 Å². The lowest BCUT2D eigenvalue weighted by molar-refractivity contribution is -0.253.